The third-order valence-corrected chi connectivity index (χ3v) is 15.9. The highest BCUT2D eigenvalue weighted by molar-refractivity contribution is 6.96. The Morgan fingerprint density at radius 3 is 2.10 bits per heavy atom. The minimum atomic E-state index is -1.33. The lowest BCUT2D eigenvalue weighted by atomic mass is 9.69. The average Bonchev–Trinajstić information content (AvgIpc) is 2.82. The molecule has 1 fully saturated rings. The molecule has 0 aromatic carbocycles. The molecule has 0 spiro atoms. The molecule has 0 amide bonds. The second-order valence-corrected chi connectivity index (χ2v) is 20.8. The van der Waals surface area contributed by atoms with Crippen LogP contribution in [0.15, 0.2) is 12.2 Å². The van der Waals surface area contributed by atoms with Crippen molar-refractivity contribution in [1.29, 1.82) is 0 Å². The van der Waals surface area contributed by atoms with Crippen molar-refractivity contribution in [3.63, 3.8) is 0 Å². The molecule has 0 heterocycles. The van der Waals surface area contributed by atoms with Crippen LogP contribution in [0.2, 0.25) is 44.4 Å². The highest BCUT2D eigenvalue weighted by atomic mass is 28.4. The van der Waals surface area contributed by atoms with Gasteiger partial charge in [-0.2, -0.15) is 0 Å². The summed E-state index contributed by atoms with van der Waals surface area (Å²) in [5, 5.41) is 10.5. The number of hydrogen-bond acceptors (Lipinski definition) is 1. The van der Waals surface area contributed by atoms with Crippen LogP contribution in [0.5, 0.6) is 0 Å². The molecule has 2 bridgehead atoms. The zero-order valence-corrected chi connectivity index (χ0v) is 16.7. The molecule has 0 saturated heterocycles. The summed E-state index contributed by atoms with van der Waals surface area (Å²) in [4.78, 5) is 11.8. The van der Waals surface area contributed by atoms with Crippen molar-refractivity contribution in [2.45, 2.75) is 64.2 Å². The van der Waals surface area contributed by atoms with Crippen molar-refractivity contribution in [1.82, 2.24) is 0 Å². The van der Waals surface area contributed by atoms with E-state index in [2.05, 4.69) is 58.4 Å². The Hall–Kier alpha value is -0.356. The van der Waals surface area contributed by atoms with E-state index in [9.17, 15) is 9.90 Å². The van der Waals surface area contributed by atoms with E-state index in [0.29, 0.717) is 11.8 Å². The summed E-state index contributed by atoms with van der Waals surface area (Å²) >= 11 is 0. The zero-order chi connectivity index (χ0) is 16.2. The van der Waals surface area contributed by atoms with Crippen LogP contribution in [-0.2, 0) is 4.79 Å². The Kier molecular flexibility index (Phi) is 4.12. The maximum absolute atomic E-state index is 11.8. The van der Waals surface area contributed by atoms with Gasteiger partial charge in [-0.25, -0.2) is 0 Å². The van der Waals surface area contributed by atoms with Gasteiger partial charge in [0.25, 0.3) is 0 Å². The predicted molar refractivity (Wildman–Crippen MR) is 95.0 cm³/mol. The Labute approximate surface area is 132 Å². The minimum Gasteiger partial charge on any atom is -0.481 e. The molecule has 0 aromatic heterocycles. The number of allylic oxidation sites excluding steroid dienone is 2. The molecule has 1 N–H and O–H groups in total. The molecule has 4 heteroatoms. The van der Waals surface area contributed by atoms with Gasteiger partial charge in [-0.05, 0) is 29.8 Å². The molecule has 0 aromatic rings. The van der Waals surface area contributed by atoms with E-state index in [1.165, 1.54) is 0 Å². The topological polar surface area (TPSA) is 37.3 Å². The number of rotatable bonds is 5. The fourth-order valence-electron chi connectivity index (χ4n) is 5.94. The molecule has 2 nitrogen and oxygen atoms in total. The van der Waals surface area contributed by atoms with Crippen molar-refractivity contribution in [2.24, 2.45) is 23.2 Å². The van der Waals surface area contributed by atoms with Gasteiger partial charge in [0.1, 0.15) is 0 Å². The van der Waals surface area contributed by atoms with Gasteiger partial charge in [0.05, 0.1) is 5.92 Å². The van der Waals surface area contributed by atoms with Gasteiger partial charge in [-0.3, -0.25) is 4.79 Å². The van der Waals surface area contributed by atoms with E-state index in [4.69, 9.17) is 0 Å². The first kappa shape index (κ1) is 17.0. The molecule has 2 aliphatic rings. The molecule has 2 rings (SSSR count). The largest absolute Gasteiger partial charge is 0.481 e. The van der Waals surface area contributed by atoms with Gasteiger partial charge in [0, 0.05) is 21.6 Å². The smallest absolute Gasteiger partial charge is 0.307 e. The van der Waals surface area contributed by atoms with Crippen LogP contribution in [0.4, 0.5) is 0 Å². The summed E-state index contributed by atoms with van der Waals surface area (Å²) in [6.07, 6.45) is 6.55. The predicted octanol–water partition coefficient (Wildman–Crippen LogP) is 4.88. The monoisotopic (exact) mass is 324 g/mol. The van der Waals surface area contributed by atoms with Gasteiger partial charge in [0.2, 0.25) is 0 Å². The molecule has 4 atom stereocenters. The lowest BCUT2D eigenvalue weighted by molar-refractivity contribution is -0.145. The van der Waals surface area contributed by atoms with Crippen molar-refractivity contribution < 1.29 is 9.90 Å². The average molecular weight is 325 g/mol. The van der Waals surface area contributed by atoms with Crippen LogP contribution < -0.4 is 0 Å². The highest BCUT2D eigenvalue weighted by Gasteiger charge is 2.58. The van der Waals surface area contributed by atoms with Crippen LogP contribution in [0.1, 0.15) is 19.8 Å². The molecule has 120 valence electrons. The summed E-state index contributed by atoms with van der Waals surface area (Å²) < 4.78 is 0. The maximum atomic E-state index is 11.8. The van der Waals surface area contributed by atoms with Crippen LogP contribution in [0, 0.1) is 23.2 Å². The number of hydrogen-bond donors (Lipinski definition) is 1. The summed E-state index contributed by atoms with van der Waals surface area (Å²) in [5.41, 5.74) is -0.0677. The van der Waals surface area contributed by atoms with E-state index in [1.807, 2.05) is 0 Å². The molecule has 4 unspecified atom stereocenters. The number of carbonyl (C=O) groups is 1. The van der Waals surface area contributed by atoms with E-state index in [0.717, 1.165) is 18.0 Å². The molecule has 0 radical (unpaired) electrons. The van der Waals surface area contributed by atoms with Crippen molar-refractivity contribution in [3.05, 3.63) is 12.2 Å². The van der Waals surface area contributed by atoms with Gasteiger partial charge < -0.3 is 5.11 Å². The number of carboxylic acids is 1. The maximum Gasteiger partial charge on any atom is 0.307 e. The van der Waals surface area contributed by atoms with E-state index >= 15 is 0 Å². The summed E-state index contributed by atoms with van der Waals surface area (Å²) in [5.74, 6) is 0.287. The first-order valence-corrected chi connectivity index (χ1v) is 15.5. The van der Waals surface area contributed by atoms with Crippen LogP contribution in [0.25, 0.3) is 0 Å². The molecule has 2 aliphatic carbocycles. The highest BCUT2D eigenvalue weighted by Crippen LogP contribution is 2.62. The lowest BCUT2D eigenvalue weighted by Crippen LogP contribution is -2.52. The van der Waals surface area contributed by atoms with E-state index < -0.39 is 22.1 Å². The molecule has 21 heavy (non-hydrogen) atoms. The van der Waals surface area contributed by atoms with E-state index in [-0.39, 0.29) is 11.3 Å². The Bertz CT molecular complexity index is 444. The molecule has 0 aliphatic heterocycles. The van der Waals surface area contributed by atoms with Crippen molar-refractivity contribution in [2.75, 3.05) is 0 Å². The normalized spacial score (nSPS) is 33.7. The van der Waals surface area contributed by atoms with E-state index in [1.54, 1.807) is 0 Å². The SMILES string of the molecule is CC(C([Si](C)(C)C)[Si](C)(C)C)C12C=CC(CC1C(=O)O)C2. The second kappa shape index (κ2) is 5.09. The van der Waals surface area contributed by atoms with Gasteiger partial charge in [0.15, 0.2) is 0 Å². The number of carboxylic acid groups (broad SMARTS) is 1. The lowest BCUT2D eigenvalue weighted by Gasteiger charge is -2.49. The number of fused-ring (bicyclic) bond motifs is 2. The van der Waals surface area contributed by atoms with Gasteiger partial charge in [-0.15, -0.1) is 0 Å². The third-order valence-electron chi connectivity index (χ3n) is 5.99. The first-order chi connectivity index (χ1) is 9.39. The summed E-state index contributed by atoms with van der Waals surface area (Å²) in [6.45, 7) is 17.2. The molecular formula is C17H32O2Si2. The van der Waals surface area contributed by atoms with Crippen LogP contribution in [0.3, 0.4) is 0 Å². The Morgan fingerprint density at radius 1 is 1.19 bits per heavy atom. The van der Waals surface area contributed by atoms with Crippen molar-refractivity contribution in [3.8, 4) is 0 Å². The first-order valence-electron chi connectivity index (χ1n) is 8.32. The van der Waals surface area contributed by atoms with Crippen LogP contribution >= 0.6 is 0 Å². The quantitative estimate of drug-likeness (QED) is 0.578. The fourth-order valence-corrected chi connectivity index (χ4v) is 20.0. The zero-order valence-electron chi connectivity index (χ0n) is 14.7. The van der Waals surface area contributed by atoms with Crippen molar-refractivity contribution >= 4 is 22.1 Å². The minimum absolute atomic E-state index is 0.0677. The Morgan fingerprint density at radius 2 is 1.71 bits per heavy atom. The molecular weight excluding hydrogens is 292 g/mol. The standard InChI is InChI=1S/C17H32O2Si2/c1-12(16(20(2,3)4)21(5,6)7)17-9-8-13(11-17)10-14(17)15(18)19/h8-9,12-14,16H,10-11H2,1-7H3,(H,18,19). The van der Waals surface area contributed by atoms with Gasteiger partial charge in [-0.1, -0.05) is 58.4 Å². The van der Waals surface area contributed by atoms with Crippen LogP contribution in [-0.4, -0.2) is 27.2 Å². The summed E-state index contributed by atoms with van der Waals surface area (Å²) in [6, 6.07) is 0. The Balaban J connectivity index is 2.43. The second-order valence-electron chi connectivity index (χ2n) is 9.56. The molecule has 1 saturated carbocycles. The summed E-state index contributed by atoms with van der Waals surface area (Å²) in [7, 11) is -2.65. The fraction of sp³-hybridized carbons (Fsp3) is 0.824. The third kappa shape index (κ3) is 2.81. The van der Waals surface area contributed by atoms with Gasteiger partial charge >= 0.3 is 5.97 Å². The number of aliphatic carboxylic acids is 1.